The molecule has 5 heteroatoms. The highest BCUT2D eigenvalue weighted by Crippen LogP contribution is 2.17. The highest BCUT2D eigenvalue weighted by molar-refractivity contribution is 5.87. The van der Waals surface area contributed by atoms with E-state index >= 15 is 0 Å². The first-order chi connectivity index (χ1) is 9.11. The molecule has 0 aliphatic rings. The first kappa shape index (κ1) is 13.1. The van der Waals surface area contributed by atoms with Crippen LogP contribution in [0.15, 0.2) is 30.3 Å². The summed E-state index contributed by atoms with van der Waals surface area (Å²) in [6.45, 7) is 4.35. The Kier molecular flexibility index (Phi) is 3.85. The number of hydrogen-bond acceptors (Lipinski definition) is 4. The molecule has 0 amide bonds. The van der Waals surface area contributed by atoms with Gasteiger partial charge < -0.3 is 9.84 Å². The van der Waals surface area contributed by atoms with Crippen LogP contribution >= 0.6 is 0 Å². The highest BCUT2D eigenvalue weighted by Gasteiger charge is 2.13. The van der Waals surface area contributed by atoms with Gasteiger partial charge in [0.2, 0.25) is 0 Å². The summed E-state index contributed by atoms with van der Waals surface area (Å²) in [7, 11) is 0. The Morgan fingerprint density at radius 3 is 2.84 bits per heavy atom. The second kappa shape index (κ2) is 5.56. The largest absolute Gasteiger partial charge is 0.508 e. The van der Waals surface area contributed by atoms with Gasteiger partial charge in [0, 0.05) is 11.3 Å². The fourth-order valence-corrected chi connectivity index (χ4v) is 1.78. The van der Waals surface area contributed by atoms with Crippen LogP contribution in [0.4, 0.5) is 0 Å². The van der Waals surface area contributed by atoms with Gasteiger partial charge >= 0.3 is 5.97 Å². The lowest BCUT2D eigenvalue weighted by Gasteiger charge is -2.06. The number of carbonyl (C=O) groups is 1. The van der Waals surface area contributed by atoms with Crippen molar-refractivity contribution < 1.29 is 14.6 Å². The smallest absolute Gasteiger partial charge is 0.358 e. The van der Waals surface area contributed by atoms with Crippen molar-refractivity contribution in [2.24, 2.45) is 0 Å². The summed E-state index contributed by atoms with van der Waals surface area (Å²) in [5.41, 5.74) is 1.88. The molecule has 5 nitrogen and oxygen atoms in total. The standard InChI is InChI=1S/C14H16N2O3/c1-3-19-14(18)12-8-10(2)16(15-12)9-11-6-4-5-7-13(11)17/h4-8,17H,3,9H2,1-2H3. The zero-order valence-corrected chi connectivity index (χ0v) is 11.0. The number of benzene rings is 1. The number of aromatic hydroxyl groups is 1. The Labute approximate surface area is 111 Å². The van der Waals surface area contributed by atoms with Crippen LogP contribution < -0.4 is 0 Å². The van der Waals surface area contributed by atoms with Crippen LogP contribution in [0.3, 0.4) is 0 Å². The maximum absolute atomic E-state index is 11.6. The summed E-state index contributed by atoms with van der Waals surface area (Å²) < 4.78 is 6.57. The van der Waals surface area contributed by atoms with E-state index in [1.54, 1.807) is 29.8 Å². The first-order valence-electron chi connectivity index (χ1n) is 6.10. The van der Waals surface area contributed by atoms with Crippen molar-refractivity contribution >= 4 is 5.97 Å². The molecule has 1 N–H and O–H groups in total. The van der Waals surface area contributed by atoms with Gasteiger partial charge in [-0.25, -0.2) is 4.79 Å². The molecule has 19 heavy (non-hydrogen) atoms. The normalized spacial score (nSPS) is 10.4. The molecule has 0 atom stereocenters. The fraction of sp³-hybridized carbons (Fsp3) is 0.286. The van der Waals surface area contributed by atoms with Crippen LogP contribution in [0.5, 0.6) is 5.75 Å². The lowest BCUT2D eigenvalue weighted by atomic mass is 10.2. The summed E-state index contributed by atoms with van der Waals surface area (Å²) in [5, 5.41) is 13.9. The van der Waals surface area contributed by atoms with E-state index in [9.17, 15) is 9.90 Å². The van der Waals surface area contributed by atoms with Crippen molar-refractivity contribution in [3.8, 4) is 5.75 Å². The number of esters is 1. The number of phenolic OH excluding ortho intramolecular Hbond substituents is 1. The average molecular weight is 260 g/mol. The Hall–Kier alpha value is -2.30. The maximum atomic E-state index is 11.6. The molecule has 0 unspecified atom stereocenters. The summed E-state index contributed by atoms with van der Waals surface area (Å²) >= 11 is 0. The molecule has 2 rings (SSSR count). The molecule has 0 radical (unpaired) electrons. The molecule has 0 saturated carbocycles. The molecule has 100 valence electrons. The highest BCUT2D eigenvalue weighted by atomic mass is 16.5. The van der Waals surface area contributed by atoms with Gasteiger partial charge in [-0.2, -0.15) is 5.10 Å². The number of aromatic nitrogens is 2. The SMILES string of the molecule is CCOC(=O)c1cc(C)n(Cc2ccccc2O)n1. The molecule has 0 aliphatic heterocycles. The van der Waals surface area contributed by atoms with E-state index < -0.39 is 5.97 Å². The van der Waals surface area contributed by atoms with E-state index in [0.717, 1.165) is 11.3 Å². The van der Waals surface area contributed by atoms with Gasteiger partial charge in [0.05, 0.1) is 13.2 Å². The number of ether oxygens (including phenoxy) is 1. The van der Waals surface area contributed by atoms with Crippen molar-refractivity contribution in [2.45, 2.75) is 20.4 Å². The number of para-hydroxylation sites is 1. The van der Waals surface area contributed by atoms with Crippen molar-refractivity contribution in [3.05, 3.63) is 47.3 Å². The number of rotatable bonds is 4. The van der Waals surface area contributed by atoms with Gasteiger partial charge in [0.25, 0.3) is 0 Å². The topological polar surface area (TPSA) is 64.3 Å². The number of aryl methyl sites for hydroxylation is 1. The lowest BCUT2D eigenvalue weighted by molar-refractivity contribution is 0.0518. The van der Waals surface area contributed by atoms with Crippen molar-refractivity contribution in [1.82, 2.24) is 9.78 Å². The first-order valence-corrected chi connectivity index (χ1v) is 6.10. The third-order valence-corrected chi connectivity index (χ3v) is 2.78. The Bertz CT molecular complexity index is 590. The second-order valence-electron chi connectivity index (χ2n) is 4.18. The lowest BCUT2D eigenvalue weighted by Crippen LogP contribution is -2.08. The van der Waals surface area contributed by atoms with Crippen LogP contribution in [0, 0.1) is 6.92 Å². The monoisotopic (exact) mass is 260 g/mol. The molecule has 0 bridgehead atoms. The third kappa shape index (κ3) is 2.93. The minimum absolute atomic E-state index is 0.218. The third-order valence-electron chi connectivity index (χ3n) is 2.78. The van der Waals surface area contributed by atoms with Gasteiger partial charge in [0.1, 0.15) is 5.75 Å². The molecule has 1 aromatic heterocycles. The van der Waals surface area contributed by atoms with E-state index in [2.05, 4.69) is 5.10 Å². The molecule has 1 aromatic carbocycles. The number of hydrogen-bond donors (Lipinski definition) is 1. The van der Waals surface area contributed by atoms with E-state index in [0.29, 0.717) is 13.2 Å². The molecule has 0 spiro atoms. The molecule has 0 saturated heterocycles. The number of carbonyl (C=O) groups excluding carboxylic acids is 1. The molecule has 0 fully saturated rings. The average Bonchev–Trinajstić information content (AvgIpc) is 2.74. The van der Waals surface area contributed by atoms with Crippen LogP contribution in [-0.2, 0) is 11.3 Å². The minimum Gasteiger partial charge on any atom is -0.508 e. The second-order valence-corrected chi connectivity index (χ2v) is 4.18. The summed E-state index contributed by atoms with van der Waals surface area (Å²) in [6.07, 6.45) is 0. The van der Waals surface area contributed by atoms with Crippen molar-refractivity contribution in [3.63, 3.8) is 0 Å². The van der Waals surface area contributed by atoms with Gasteiger partial charge in [-0.3, -0.25) is 4.68 Å². The predicted octanol–water partition coefficient (Wildman–Crippen LogP) is 2.12. The Balaban J connectivity index is 2.22. The van der Waals surface area contributed by atoms with Gasteiger partial charge in [-0.15, -0.1) is 0 Å². The zero-order valence-electron chi connectivity index (χ0n) is 11.0. The molecular weight excluding hydrogens is 244 g/mol. The van der Waals surface area contributed by atoms with Crippen molar-refractivity contribution in [1.29, 1.82) is 0 Å². The summed E-state index contributed by atoms with van der Waals surface area (Å²) in [4.78, 5) is 11.6. The van der Waals surface area contributed by atoms with E-state index in [-0.39, 0.29) is 11.4 Å². The van der Waals surface area contributed by atoms with Gasteiger partial charge in [0.15, 0.2) is 5.69 Å². The van der Waals surface area contributed by atoms with Crippen LogP contribution in [0.2, 0.25) is 0 Å². The minimum atomic E-state index is -0.429. The van der Waals surface area contributed by atoms with Crippen LogP contribution in [0.25, 0.3) is 0 Å². The fourth-order valence-electron chi connectivity index (χ4n) is 1.78. The summed E-state index contributed by atoms with van der Waals surface area (Å²) in [6, 6.07) is 8.73. The van der Waals surface area contributed by atoms with Gasteiger partial charge in [-0.1, -0.05) is 18.2 Å². The number of nitrogens with zero attached hydrogens (tertiary/aromatic N) is 2. The molecule has 1 heterocycles. The molecule has 2 aromatic rings. The Morgan fingerprint density at radius 2 is 2.16 bits per heavy atom. The van der Waals surface area contributed by atoms with Crippen LogP contribution in [-0.4, -0.2) is 27.5 Å². The molecular formula is C14H16N2O3. The van der Waals surface area contributed by atoms with E-state index in [1.807, 2.05) is 19.1 Å². The quantitative estimate of drug-likeness (QED) is 0.855. The number of phenols is 1. The summed E-state index contributed by atoms with van der Waals surface area (Å²) in [5.74, 6) is -0.211. The zero-order chi connectivity index (χ0) is 13.8. The Morgan fingerprint density at radius 1 is 1.42 bits per heavy atom. The van der Waals surface area contributed by atoms with E-state index in [1.165, 1.54) is 0 Å². The maximum Gasteiger partial charge on any atom is 0.358 e. The van der Waals surface area contributed by atoms with E-state index in [4.69, 9.17) is 4.74 Å². The predicted molar refractivity (Wildman–Crippen MR) is 70.1 cm³/mol. The van der Waals surface area contributed by atoms with Crippen LogP contribution in [0.1, 0.15) is 28.7 Å². The van der Waals surface area contributed by atoms with Crippen molar-refractivity contribution in [2.75, 3.05) is 6.61 Å². The molecule has 0 aliphatic carbocycles. The van der Waals surface area contributed by atoms with Gasteiger partial charge in [-0.05, 0) is 26.0 Å².